The average Bonchev–Trinajstić information content (AvgIpc) is 3.04. The molecule has 1 aliphatic carbocycles. The molecule has 0 aromatic rings. The second-order valence-electron chi connectivity index (χ2n) is 7.70. The minimum absolute atomic E-state index is 0.299. The van der Waals surface area contributed by atoms with E-state index in [1.807, 2.05) is 0 Å². The zero-order valence-corrected chi connectivity index (χ0v) is 12.8. The monoisotopic (exact) mass is 278 g/mol. The van der Waals surface area contributed by atoms with Crippen molar-refractivity contribution in [2.45, 2.75) is 75.5 Å². The molecule has 0 radical (unpaired) electrons. The molecule has 1 saturated carbocycles. The summed E-state index contributed by atoms with van der Waals surface area (Å²) in [6.07, 6.45) is 12.8. The van der Waals surface area contributed by atoms with Crippen LogP contribution < -0.4 is 5.32 Å². The molecule has 4 aliphatic rings. The van der Waals surface area contributed by atoms with Crippen molar-refractivity contribution in [2.24, 2.45) is 5.92 Å². The molecule has 20 heavy (non-hydrogen) atoms. The molecule has 3 nitrogen and oxygen atoms in total. The Morgan fingerprint density at radius 1 is 1.00 bits per heavy atom. The van der Waals surface area contributed by atoms with Gasteiger partial charge >= 0.3 is 0 Å². The summed E-state index contributed by atoms with van der Waals surface area (Å²) in [6.45, 7) is 5.00. The lowest BCUT2D eigenvalue weighted by molar-refractivity contribution is -0.0706. The van der Waals surface area contributed by atoms with Gasteiger partial charge in [-0.25, -0.2) is 0 Å². The summed E-state index contributed by atoms with van der Waals surface area (Å²) in [6, 6.07) is 0.772. The van der Waals surface area contributed by atoms with Crippen LogP contribution in [0, 0.1) is 5.92 Å². The number of fused-ring (bicyclic) bond motifs is 1. The van der Waals surface area contributed by atoms with Gasteiger partial charge in [-0.3, -0.25) is 4.90 Å². The van der Waals surface area contributed by atoms with E-state index >= 15 is 0 Å². The van der Waals surface area contributed by atoms with Crippen LogP contribution in [-0.2, 0) is 4.74 Å². The van der Waals surface area contributed by atoms with E-state index in [2.05, 4.69) is 10.2 Å². The van der Waals surface area contributed by atoms with E-state index < -0.39 is 0 Å². The first-order chi connectivity index (χ1) is 9.83. The van der Waals surface area contributed by atoms with Crippen LogP contribution in [0.3, 0.4) is 0 Å². The van der Waals surface area contributed by atoms with Crippen molar-refractivity contribution in [2.75, 3.05) is 26.2 Å². The molecule has 1 unspecified atom stereocenters. The molecule has 0 amide bonds. The van der Waals surface area contributed by atoms with Crippen molar-refractivity contribution >= 4 is 0 Å². The first kappa shape index (κ1) is 13.5. The lowest BCUT2D eigenvalue weighted by Crippen LogP contribution is -2.41. The van der Waals surface area contributed by atoms with Crippen LogP contribution in [0.5, 0.6) is 0 Å². The van der Waals surface area contributed by atoms with Crippen molar-refractivity contribution in [1.29, 1.82) is 0 Å². The van der Waals surface area contributed by atoms with Gasteiger partial charge < -0.3 is 10.1 Å². The molecule has 4 fully saturated rings. The quantitative estimate of drug-likeness (QED) is 0.840. The Morgan fingerprint density at radius 3 is 2.75 bits per heavy atom. The summed E-state index contributed by atoms with van der Waals surface area (Å²) in [5.41, 5.74) is 0.299. The minimum Gasteiger partial charge on any atom is -0.370 e. The van der Waals surface area contributed by atoms with E-state index in [1.165, 1.54) is 84.0 Å². The highest BCUT2D eigenvalue weighted by molar-refractivity contribution is 4.95. The topological polar surface area (TPSA) is 24.5 Å². The van der Waals surface area contributed by atoms with Gasteiger partial charge in [0.25, 0.3) is 0 Å². The smallest absolute Gasteiger partial charge is 0.0710 e. The maximum absolute atomic E-state index is 6.54. The third kappa shape index (κ3) is 2.65. The number of piperidine rings is 1. The van der Waals surface area contributed by atoms with E-state index in [0.29, 0.717) is 11.7 Å². The molecule has 1 N–H and O–H groups in total. The lowest BCUT2D eigenvalue weighted by atomic mass is 9.83. The summed E-state index contributed by atoms with van der Waals surface area (Å²) in [7, 11) is 0. The number of hydrogen-bond donors (Lipinski definition) is 1. The predicted molar refractivity (Wildman–Crippen MR) is 80.9 cm³/mol. The van der Waals surface area contributed by atoms with Crippen LogP contribution in [0.15, 0.2) is 0 Å². The van der Waals surface area contributed by atoms with Crippen molar-refractivity contribution < 1.29 is 4.74 Å². The molecular weight excluding hydrogens is 248 g/mol. The van der Waals surface area contributed by atoms with Gasteiger partial charge in [0, 0.05) is 25.7 Å². The number of nitrogens with one attached hydrogen (secondary N) is 1. The number of likely N-dealkylation sites (tertiary alicyclic amines) is 1. The highest BCUT2D eigenvalue weighted by atomic mass is 16.5. The van der Waals surface area contributed by atoms with Crippen LogP contribution >= 0.6 is 0 Å². The molecule has 3 aliphatic heterocycles. The molecule has 114 valence electrons. The second-order valence-corrected chi connectivity index (χ2v) is 7.70. The van der Waals surface area contributed by atoms with Gasteiger partial charge in [-0.15, -0.1) is 0 Å². The van der Waals surface area contributed by atoms with Crippen LogP contribution in [0.25, 0.3) is 0 Å². The normalized spacial score (nSPS) is 41.1. The van der Waals surface area contributed by atoms with Crippen LogP contribution in [0.1, 0.15) is 57.8 Å². The lowest BCUT2D eigenvalue weighted by Gasteiger charge is -2.34. The van der Waals surface area contributed by atoms with Crippen LogP contribution in [0.4, 0.5) is 0 Å². The summed E-state index contributed by atoms with van der Waals surface area (Å²) in [5.74, 6) is 0.911. The summed E-state index contributed by atoms with van der Waals surface area (Å²) in [5, 5.41) is 3.71. The van der Waals surface area contributed by atoms with Gasteiger partial charge in [-0.1, -0.05) is 19.3 Å². The zero-order chi connectivity index (χ0) is 13.4. The Kier molecular flexibility index (Phi) is 3.78. The first-order valence-electron chi connectivity index (χ1n) is 8.97. The van der Waals surface area contributed by atoms with Crippen molar-refractivity contribution in [3.8, 4) is 0 Å². The fraction of sp³-hybridized carbons (Fsp3) is 1.00. The maximum Gasteiger partial charge on any atom is 0.0710 e. The average molecular weight is 278 g/mol. The van der Waals surface area contributed by atoms with Gasteiger partial charge in [0.1, 0.15) is 0 Å². The number of nitrogens with zero attached hydrogens (tertiary/aromatic N) is 1. The molecule has 0 bridgehead atoms. The molecule has 0 aromatic carbocycles. The largest absolute Gasteiger partial charge is 0.370 e. The predicted octanol–water partition coefficient (Wildman–Crippen LogP) is 2.55. The van der Waals surface area contributed by atoms with Crippen molar-refractivity contribution in [1.82, 2.24) is 10.2 Å². The summed E-state index contributed by atoms with van der Waals surface area (Å²) in [4.78, 5) is 2.68. The maximum atomic E-state index is 6.54. The molecular formula is C17H30N2O. The van der Waals surface area contributed by atoms with Crippen molar-refractivity contribution in [3.63, 3.8) is 0 Å². The molecule has 0 aromatic heterocycles. The Labute approximate surface area is 123 Å². The SMILES string of the molecule is C1CCC2(CC1)CCC(CN1C[C@@H]3CCCN[C@@H]3C1)O2. The summed E-state index contributed by atoms with van der Waals surface area (Å²) < 4.78 is 6.54. The standard InChI is InChI=1S/C17H30N2O/c1-2-7-17(8-3-1)9-6-15(20-17)12-19-11-14-5-4-10-18-16(14)13-19/h14-16,18H,1-13H2/t14-,15?,16+/m0/s1. The first-order valence-corrected chi connectivity index (χ1v) is 8.97. The van der Waals surface area contributed by atoms with E-state index in [4.69, 9.17) is 4.74 Å². The molecule has 4 rings (SSSR count). The van der Waals surface area contributed by atoms with E-state index in [-0.39, 0.29) is 0 Å². The Balaban J connectivity index is 1.30. The van der Waals surface area contributed by atoms with Gasteiger partial charge in [0.05, 0.1) is 11.7 Å². The molecule has 3 heteroatoms. The van der Waals surface area contributed by atoms with Crippen molar-refractivity contribution in [3.05, 3.63) is 0 Å². The van der Waals surface area contributed by atoms with Gasteiger partial charge in [0.15, 0.2) is 0 Å². The van der Waals surface area contributed by atoms with Crippen LogP contribution in [-0.4, -0.2) is 48.8 Å². The number of hydrogen-bond acceptors (Lipinski definition) is 3. The minimum atomic E-state index is 0.299. The van der Waals surface area contributed by atoms with E-state index in [1.54, 1.807) is 0 Å². The second kappa shape index (κ2) is 5.58. The Hall–Kier alpha value is -0.120. The molecule has 3 atom stereocenters. The third-order valence-electron chi connectivity index (χ3n) is 6.24. The molecule has 3 heterocycles. The van der Waals surface area contributed by atoms with Crippen LogP contribution in [0.2, 0.25) is 0 Å². The number of ether oxygens (including phenoxy) is 1. The molecule has 3 saturated heterocycles. The van der Waals surface area contributed by atoms with Gasteiger partial charge in [-0.05, 0) is 51.0 Å². The fourth-order valence-electron chi connectivity index (χ4n) is 5.16. The number of rotatable bonds is 2. The highest BCUT2D eigenvalue weighted by Crippen LogP contribution is 2.42. The van der Waals surface area contributed by atoms with E-state index in [9.17, 15) is 0 Å². The Morgan fingerprint density at radius 2 is 1.90 bits per heavy atom. The highest BCUT2D eigenvalue weighted by Gasteiger charge is 2.42. The Bertz CT molecular complexity index is 326. The fourth-order valence-corrected chi connectivity index (χ4v) is 5.16. The zero-order valence-electron chi connectivity index (χ0n) is 12.8. The third-order valence-corrected chi connectivity index (χ3v) is 6.24. The van der Waals surface area contributed by atoms with E-state index in [0.717, 1.165) is 12.0 Å². The molecule has 1 spiro atoms. The van der Waals surface area contributed by atoms with Gasteiger partial charge in [-0.2, -0.15) is 0 Å². The summed E-state index contributed by atoms with van der Waals surface area (Å²) >= 11 is 0. The van der Waals surface area contributed by atoms with Gasteiger partial charge in [0.2, 0.25) is 0 Å².